The molecule has 4 nitrogen and oxygen atoms in total. The van der Waals surface area contributed by atoms with Crippen molar-refractivity contribution in [2.45, 2.75) is 19.9 Å². The maximum atomic E-state index is 12.1. The van der Waals surface area contributed by atoms with Gasteiger partial charge in [0.05, 0.1) is 6.04 Å². The fraction of sp³-hybridized carbons (Fsp3) is 0.176. The summed E-state index contributed by atoms with van der Waals surface area (Å²) in [6.45, 7) is 3.68. The molecule has 1 heterocycles. The van der Waals surface area contributed by atoms with Crippen molar-refractivity contribution in [2.24, 2.45) is 0 Å². The van der Waals surface area contributed by atoms with Gasteiger partial charge in [-0.05, 0) is 31.5 Å². The van der Waals surface area contributed by atoms with E-state index in [1.807, 2.05) is 43.3 Å². The van der Waals surface area contributed by atoms with Crippen molar-refractivity contribution in [3.05, 3.63) is 65.1 Å². The number of rotatable bonds is 4. The molecule has 1 unspecified atom stereocenters. The molecule has 2 aromatic rings. The number of benzene rings is 1. The summed E-state index contributed by atoms with van der Waals surface area (Å²) in [5, 5.41) is 11.9. The first kappa shape index (κ1) is 14.6. The summed E-state index contributed by atoms with van der Waals surface area (Å²) >= 11 is 0. The smallest absolute Gasteiger partial charge is 0.262 e. The highest BCUT2D eigenvalue weighted by Gasteiger charge is 2.14. The first-order chi connectivity index (χ1) is 10.1. The Balaban J connectivity index is 2.11. The lowest BCUT2D eigenvalue weighted by Gasteiger charge is -2.13. The van der Waals surface area contributed by atoms with Crippen molar-refractivity contribution in [3.63, 3.8) is 0 Å². The van der Waals surface area contributed by atoms with Gasteiger partial charge in [0.25, 0.3) is 5.91 Å². The molecule has 0 bridgehead atoms. The van der Waals surface area contributed by atoms with E-state index in [0.717, 1.165) is 11.3 Å². The molecule has 106 valence electrons. The minimum absolute atomic E-state index is 0.0205. The van der Waals surface area contributed by atoms with Crippen LogP contribution in [0.25, 0.3) is 6.08 Å². The predicted molar refractivity (Wildman–Crippen MR) is 80.0 cm³/mol. The van der Waals surface area contributed by atoms with E-state index < -0.39 is 5.91 Å². The van der Waals surface area contributed by atoms with E-state index in [1.165, 1.54) is 6.08 Å². The van der Waals surface area contributed by atoms with E-state index >= 15 is 0 Å². The molecular formula is C17H16N2O2. The van der Waals surface area contributed by atoms with Gasteiger partial charge in [0.15, 0.2) is 0 Å². The predicted octanol–water partition coefficient (Wildman–Crippen LogP) is 3.37. The van der Waals surface area contributed by atoms with Crippen LogP contribution in [0.2, 0.25) is 0 Å². The molecule has 0 fully saturated rings. The van der Waals surface area contributed by atoms with Crippen molar-refractivity contribution >= 4 is 12.0 Å². The molecule has 1 aromatic heterocycles. The SMILES string of the molecule is Cc1ccc(/C=C(\C#N)C(=O)NC(C)c2ccccc2)o1. The Kier molecular flexibility index (Phi) is 4.57. The van der Waals surface area contributed by atoms with E-state index in [-0.39, 0.29) is 11.6 Å². The Morgan fingerprint density at radius 1 is 1.29 bits per heavy atom. The van der Waals surface area contributed by atoms with Gasteiger partial charge in [-0.1, -0.05) is 30.3 Å². The molecule has 0 aliphatic carbocycles. The number of amides is 1. The van der Waals surface area contributed by atoms with E-state index in [9.17, 15) is 4.79 Å². The second-order valence-corrected chi connectivity index (χ2v) is 4.72. The Labute approximate surface area is 123 Å². The highest BCUT2D eigenvalue weighted by molar-refractivity contribution is 6.01. The molecule has 0 saturated heterocycles. The van der Waals surface area contributed by atoms with Crippen LogP contribution in [0.15, 0.2) is 52.5 Å². The van der Waals surface area contributed by atoms with E-state index in [2.05, 4.69) is 5.32 Å². The van der Waals surface area contributed by atoms with Crippen LogP contribution in [0, 0.1) is 18.3 Å². The molecule has 1 aromatic carbocycles. The molecule has 21 heavy (non-hydrogen) atoms. The monoisotopic (exact) mass is 280 g/mol. The molecular weight excluding hydrogens is 264 g/mol. The number of hydrogen-bond donors (Lipinski definition) is 1. The normalized spacial score (nSPS) is 12.5. The molecule has 0 spiro atoms. The lowest BCUT2D eigenvalue weighted by molar-refractivity contribution is -0.117. The second kappa shape index (κ2) is 6.58. The van der Waals surface area contributed by atoms with Crippen molar-refractivity contribution < 1.29 is 9.21 Å². The number of hydrogen-bond acceptors (Lipinski definition) is 3. The molecule has 0 radical (unpaired) electrons. The number of nitriles is 1. The molecule has 0 aliphatic heterocycles. The number of aryl methyl sites for hydroxylation is 1. The Bertz CT molecular complexity index is 693. The van der Waals surface area contributed by atoms with Crippen LogP contribution in [-0.2, 0) is 4.79 Å². The largest absolute Gasteiger partial charge is 0.462 e. The van der Waals surface area contributed by atoms with Crippen LogP contribution in [0.5, 0.6) is 0 Å². The van der Waals surface area contributed by atoms with Gasteiger partial charge in [-0.15, -0.1) is 0 Å². The van der Waals surface area contributed by atoms with Gasteiger partial charge >= 0.3 is 0 Å². The van der Waals surface area contributed by atoms with E-state index in [1.54, 1.807) is 19.1 Å². The quantitative estimate of drug-likeness (QED) is 0.689. The summed E-state index contributed by atoms with van der Waals surface area (Å²) < 4.78 is 5.35. The maximum absolute atomic E-state index is 12.1. The van der Waals surface area contributed by atoms with Gasteiger partial charge in [0.1, 0.15) is 23.2 Å². The first-order valence-corrected chi connectivity index (χ1v) is 6.64. The first-order valence-electron chi connectivity index (χ1n) is 6.64. The maximum Gasteiger partial charge on any atom is 0.262 e. The van der Waals surface area contributed by atoms with E-state index in [0.29, 0.717) is 5.76 Å². The lowest BCUT2D eigenvalue weighted by atomic mass is 10.1. The zero-order valence-electron chi connectivity index (χ0n) is 12.0. The fourth-order valence-electron chi connectivity index (χ4n) is 1.92. The van der Waals surface area contributed by atoms with Crippen molar-refractivity contribution in [3.8, 4) is 6.07 Å². The molecule has 1 amide bonds. The Morgan fingerprint density at radius 2 is 2.00 bits per heavy atom. The fourth-order valence-corrected chi connectivity index (χ4v) is 1.92. The van der Waals surface area contributed by atoms with Crippen LogP contribution in [0.3, 0.4) is 0 Å². The second-order valence-electron chi connectivity index (χ2n) is 4.72. The zero-order chi connectivity index (χ0) is 15.2. The Hall–Kier alpha value is -2.80. The average Bonchev–Trinajstić information content (AvgIpc) is 2.90. The average molecular weight is 280 g/mol. The van der Waals surface area contributed by atoms with Crippen molar-refractivity contribution in [1.29, 1.82) is 5.26 Å². The summed E-state index contributed by atoms with van der Waals surface area (Å²) in [6, 6.07) is 14.8. The molecule has 1 N–H and O–H groups in total. The number of carbonyl (C=O) groups excluding carboxylic acids is 1. The van der Waals surface area contributed by atoms with Gasteiger partial charge < -0.3 is 9.73 Å². The molecule has 1 atom stereocenters. The van der Waals surface area contributed by atoms with Crippen LogP contribution in [-0.4, -0.2) is 5.91 Å². The third-order valence-electron chi connectivity index (χ3n) is 3.06. The summed E-state index contributed by atoms with van der Waals surface area (Å²) in [4.78, 5) is 12.1. The third-order valence-corrected chi connectivity index (χ3v) is 3.06. The molecule has 0 saturated carbocycles. The van der Waals surface area contributed by atoms with Gasteiger partial charge in [-0.2, -0.15) is 5.26 Å². The van der Waals surface area contributed by atoms with Crippen LogP contribution in [0.4, 0.5) is 0 Å². The van der Waals surface area contributed by atoms with Crippen LogP contribution >= 0.6 is 0 Å². The lowest BCUT2D eigenvalue weighted by Crippen LogP contribution is -2.27. The van der Waals surface area contributed by atoms with E-state index in [4.69, 9.17) is 9.68 Å². The van der Waals surface area contributed by atoms with Gasteiger partial charge in [0.2, 0.25) is 0 Å². The zero-order valence-corrected chi connectivity index (χ0v) is 12.0. The summed E-state index contributed by atoms with van der Waals surface area (Å²) in [6.07, 6.45) is 1.44. The third kappa shape index (κ3) is 3.83. The highest BCUT2D eigenvalue weighted by atomic mass is 16.3. The summed E-state index contributed by atoms with van der Waals surface area (Å²) in [7, 11) is 0. The Morgan fingerprint density at radius 3 is 2.57 bits per heavy atom. The number of nitrogens with one attached hydrogen (secondary N) is 1. The standard InChI is InChI=1S/C17H16N2O2/c1-12-8-9-16(21-12)10-15(11-18)17(20)19-13(2)14-6-4-3-5-7-14/h3-10,13H,1-2H3,(H,19,20)/b15-10+. The number of nitrogens with zero attached hydrogens (tertiary/aromatic N) is 1. The van der Waals surface area contributed by atoms with Crippen molar-refractivity contribution in [2.75, 3.05) is 0 Å². The summed E-state index contributed by atoms with van der Waals surface area (Å²) in [5.41, 5.74) is 1.00. The highest BCUT2D eigenvalue weighted by Crippen LogP contribution is 2.14. The minimum Gasteiger partial charge on any atom is -0.462 e. The molecule has 2 rings (SSSR count). The minimum atomic E-state index is -0.414. The van der Waals surface area contributed by atoms with Crippen LogP contribution < -0.4 is 5.32 Å². The molecule has 4 heteroatoms. The van der Waals surface area contributed by atoms with Crippen LogP contribution in [0.1, 0.15) is 30.0 Å². The topological polar surface area (TPSA) is 66.0 Å². The van der Waals surface area contributed by atoms with Gasteiger partial charge in [0, 0.05) is 6.08 Å². The summed E-state index contributed by atoms with van der Waals surface area (Å²) in [5.74, 6) is 0.811. The van der Waals surface area contributed by atoms with Gasteiger partial charge in [-0.25, -0.2) is 0 Å². The van der Waals surface area contributed by atoms with Crippen molar-refractivity contribution in [1.82, 2.24) is 5.32 Å². The van der Waals surface area contributed by atoms with Gasteiger partial charge in [-0.3, -0.25) is 4.79 Å². The molecule has 0 aliphatic rings. The number of carbonyl (C=O) groups is 1. The number of furan rings is 1.